The standard InChI is InChI=1S/C24H18F3N5O3/c1-35-18-4-2-3-14(11-18)13-28-32-22(34)16-7-5-15(6-8-16)21(33)29-17-9-10-19-20(12-17)31-23(30-19)24(25,26)27/h2-13H,1H3,(H,29,33)(H,30,31)(H,32,34)/b28-13-. The number of nitrogens with zero attached hydrogens (tertiary/aromatic N) is 2. The molecular formula is C24H18F3N5O3. The zero-order chi connectivity index (χ0) is 25.0. The largest absolute Gasteiger partial charge is 0.497 e. The number of halogens is 3. The van der Waals surface area contributed by atoms with E-state index in [0.29, 0.717) is 5.75 Å². The molecule has 178 valence electrons. The van der Waals surface area contributed by atoms with Crippen LogP contribution in [-0.4, -0.2) is 35.1 Å². The molecule has 1 aromatic heterocycles. The number of carbonyl (C=O) groups excluding carboxylic acids is 2. The first-order chi connectivity index (χ1) is 16.7. The molecule has 0 saturated heterocycles. The average molecular weight is 481 g/mol. The lowest BCUT2D eigenvalue weighted by Gasteiger charge is -2.06. The number of hydrogen-bond donors (Lipinski definition) is 3. The first-order valence-electron chi connectivity index (χ1n) is 10.2. The number of imidazole rings is 1. The van der Waals surface area contributed by atoms with Crippen LogP contribution >= 0.6 is 0 Å². The second-order valence-corrected chi connectivity index (χ2v) is 7.32. The number of aromatic nitrogens is 2. The lowest BCUT2D eigenvalue weighted by Crippen LogP contribution is -2.18. The van der Waals surface area contributed by atoms with E-state index in [-0.39, 0.29) is 27.8 Å². The van der Waals surface area contributed by atoms with Gasteiger partial charge < -0.3 is 15.0 Å². The second-order valence-electron chi connectivity index (χ2n) is 7.32. The topological polar surface area (TPSA) is 108 Å². The van der Waals surface area contributed by atoms with Crippen LogP contribution in [0.3, 0.4) is 0 Å². The van der Waals surface area contributed by atoms with Crippen molar-refractivity contribution in [1.29, 1.82) is 0 Å². The summed E-state index contributed by atoms with van der Waals surface area (Å²) in [5, 5.41) is 6.52. The number of aromatic amines is 1. The van der Waals surface area contributed by atoms with E-state index in [9.17, 15) is 22.8 Å². The van der Waals surface area contributed by atoms with Crippen LogP contribution in [0.15, 0.2) is 71.8 Å². The Balaban J connectivity index is 1.38. The number of H-pyrrole nitrogens is 1. The maximum absolute atomic E-state index is 12.8. The summed E-state index contributed by atoms with van der Waals surface area (Å²) in [6.45, 7) is 0. The van der Waals surface area contributed by atoms with Crippen LogP contribution in [0.2, 0.25) is 0 Å². The Morgan fingerprint density at radius 2 is 1.71 bits per heavy atom. The summed E-state index contributed by atoms with van der Waals surface area (Å²) >= 11 is 0. The zero-order valence-corrected chi connectivity index (χ0v) is 18.2. The fourth-order valence-electron chi connectivity index (χ4n) is 3.15. The van der Waals surface area contributed by atoms with E-state index in [1.165, 1.54) is 48.7 Å². The molecule has 0 aliphatic heterocycles. The van der Waals surface area contributed by atoms with Crippen LogP contribution in [0.5, 0.6) is 5.75 Å². The smallest absolute Gasteiger partial charge is 0.449 e. The van der Waals surface area contributed by atoms with Crippen LogP contribution in [0.1, 0.15) is 32.1 Å². The number of rotatable bonds is 6. The van der Waals surface area contributed by atoms with E-state index >= 15 is 0 Å². The van der Waals surface area contributed by atoms with Gasteiger partial charge in [0.1, 0.15) is 5.75 Å². The van der Waals surface area contributed by atoms with Crippen molar-refractivity contribution < 1.29 is 27.5 Å². The third-order valence-electron chi connectivity index (χ3n) is 4.89. The Morgan fingerprint density at radius 1 is 1.00 bits per heavy atom. The van der Waals surface area contributed by atoms with Gasteiger partial charge in [-0.05, 0) is 60.2 Å². The normalized spacial score (nSPS) is 11.5. The van der Waals surface area contributed by atoms with Crippen LogP contribution < -0.4 is 15.5 Å². The van der Waals surface area contributed by atoms with Crippen molar-refractivity contribution in [2.75, 3.05) is 12.4 Å². The number of hydrogen-bond acceptors (Lipinski definition) is 5. The quantitative estimate of drug-likeness (QED) is 0.276. The van der Waals surface area contributed by atoms with E-state index < -0.39 is 23.8 Å². The second kappa shape index (κ2) is 9.67. The van der Waals surface area contributed by atoms with Crippen molar-refractivity contribution in [1.82, 2.24) is 15.4 Å². The number of nitrogens with one attached hydrogen (secondary N) is 3. The van der Waals surface area contributed by atoms with E-state index in [0.717, 1.165) is 5.56 Å². The molecule has 4 aromatic rings. The monoisotopic (exact) mass is 481 g/mol. The molecule has 35 heavy (non-hydrogen) atoms. The number of methoxy groups -OCH3 is 1. The Hall–Kier alpha value is -4.67. The molecule has 1 heterocycles. The minimum atomic E-state index is -4.60. The summed E-state index contributed by atoms with van der Waals surface area (Å²) in [7, 11) is 1.55. The molecule has 0 saturated carbocycles. The van der Waals surface area contributed by atoms with E-state index in [1.807, 2.05) is 0 Å². The Kier molecular flexibility index (Phi) is 6.49. The first kappa shape index (κ1) is 23.5. The number of hydrazone groups is 1. The highest BCUT2D eigenvalue weighted by Gasteiger charge is 2.34. The molecule has 0 spiro atoms. The molecule has 0 bridgehead atoms. The molecule has 8 nitrogen and oxygen atoms in total. The highest BCUT2D eigenvalue weighted by Crippen LogP contribution is 2.29. The SMILES string of the molecule is COc1cccc(/C=N\NC(=O)c2ccc(C(=O)Nc3ccc4nc(C(F)(F)F)[nH]c4c3)cc2)c1. The van der Waals surface area contributed by atoms with E-state index in [2.05, 4.69) is 25.8 Å². The molecule has 0 aliphatic rings. The summed E-state index contributed by atoms with van der Waals surface area (Å²) in [5.74, 6) is -1.42. The molecule has 4 rings (SSSR count). The first-order valence-corrected chi connectivity index (χ1v) is 10.2. The number of benzene rings is 3. The van der Waals surface area contributed by atoms with Gasteiger partial charge in [-0.1, -0.05) is 12.1 Å². The van der Waals surface area contributed by atoms with Crippen LogP contribution in [0, 0.1) is 0 Å². The fraction of sp³-hybridized carbons (Fsp3) is 0.0833. The third-order valence-corrected chi connectivity index (χ3v) is 4.89. The van der Waals surface area contributed by atoms with Crippen LogP contribution in [-0.2, 0) is 6.18 Å². The van der Waals surface area contributed by atoms with Crippen molar-refractivity contribution in [3.05, 3.63) is 89.2 Å². The number of anilines is 1. The Labute approximate surface area is 196 Å². The van der Waals surface area contributed by atoms with Gasteiger partial charge in [0.15, 0.2) is 0 Å². The van der Waals surface area contributed by atoms with E-state index in [4.69, 9.17) is 4.74 Å². The van der Waals surface area contributed by atoms with Gasteiger partial charge in [0, 0.05) is 16.8 Å². The summed E-state index contributed by atoms with van der Waals surface area (Å²) in [4.78, 5) is 30.5. The maximum Gasteiger partial charge on any atom is 0.449 e. The average Bonchev–Trinajstić information content (AvgIpc) is 3.28. The maximum atomic E-state index is 12.8. The van der Waals surface area contributed by atoms with Gasteiger partial charge >= 0.3 is 6.18 Å². The van der Waals surface area contributed by atoms with Gasteiger partial charge in [-0.3, -0.25) is 9.59 Å². The van der Waals surface area contributed by atoms with Gasteiger partial charge in [-0.25, -0.2) is 10.4 Å². The Bertz CT molecular complexity index is 1410. The van der Waals surface area contributed by atoms with Crippen molar-refractivity contribution in [2.45, 2.75) is 6.18 Å². The number of ether oxygens (including phenoxy) is 1. The highest BCUT2D eigenvalue weighted by molar-refractivity contribution is 6.05. The number of fused-ring (bicyclic) bond motifs is 1. The van der Waals surface area contributed by atoms with Crippen molar-refractivity contribution >= 4 is 34.7 Å². The zero-order valence-electron chi connectivity index (χ0n) is 18.2. The molecule has 3 N–H and O–H groups in total. The predicted octanol–water partition coefficient (Wildman–Crippen LogP) is 4.61. The lowest BCUT2D eigenvalue weighted by molar-refractivity contribution is -0.144. The Morgan fingerprint density at radius 3 is 2.40 bits per heavy atom. The molecule has 0 atom stereocenters. The minimum absolute atomic E-state index is 0.125. The van der Waals surface area contributed by atoms with Gasteiger partial charge in [-0.15, -0.1) is 0 Å². The third kappa shape index (κ3) is 5.64. The molecular weight excluding hydrogens is 463 g/mol. The van der Waals surface area contributed by atoms with Crippen LogP contribution in [0.25, 0.3) is 11.0 Å². The molecule has 0 radical (unpaired) electrons. The molecule has 11 heteroatoms. The lowest BCUT2D eigenvalue weighted by atomic mass is 10.1. The summed E-state index contributed by atoms with van der Waals surface area (Å²) in [6.07, 6.45) is -3.13. The molecule has 0 aliphatic carbocycles. The predicted molar refractivity (Wildman–Crippen MR) is 124 cm³/mol. The van der Waals surface area contributed by atoms with Gasteiger partial charge in [0.2, 0.25) is 5.82 Å². The molecule has 0 fully saturated rings. The van der Waals surface area contributed by atoms with Crippen molar-refractivity contribution in [3.8, 4) is 5.75 Å². The van der Waals surface area contributed by atoms with Gasteiger partial charge in [0.25, 0.3) is 11.8 Å². The minimum Gasteiger partial charge on any atom is -0.497 e. The van der Waals surface area contributed by atoms with Crippen molar-refractivity contribution in [3.63, 3.8) is 0 Å². The number of alkyl halides is 3. The van der Waals surface area contributed by atoms with Gasteiger partial charge in [0.05, 0.1) is 24.4 Å². The van der Waals surface area contributed by atoms with Crippen molar-refractivity contribution in [2.24, 2.45) is 5.10 Å². The van der Waals surface area contributed by atoms with Gasteiger partial charge in [-0.2, -0.15) is 18.3 Å². The van der Waals surface area contributed by atoms with Crippen LogP contribution in [0.4, 0.5) is 18.9 Å². The number of amides is 2. The molecule has 0 unspecified atom stereocenters. The summed E-state index contributed by atoms with van der Waals surface area (Å²) in [5.41, 5.74) is 4.22. The molecule has 2 amide bonds. The van der Waals surface area contributed by atoms with E-state index in [1.54, 1.807) is 31.4 Å². The summed E-state index contributed by atoms with van der Waals surface area (Å²) < 4.78 is 43.6. The number of carbonyl (C=O) groups is 2. The fourth-order valence-corrected chi connectivity index (χ4v) is 3.15. The summed E-state index contributed by atoms with van der Waals surface area (Å²) in [6, 6.07) is 17.1. The highest BCUT2D eigenvalue weighted by atomic mass is 19.4. The molecule has 3 aromatic carbocycles.